The minimum Gasteiger partial charge on any atom is -0.494 e. The number of rotatable bonds is 2. The quantitative estimate of drug-likeness (QED) is 0.794. The summed E-state index contributed by atoms with van der Waals surface area (Å²) in [7, 11) is 2.10. The van der Waals surface area contributed by atoms with E-state index in [4.69, 9.17) is 4.74 Å². The van der Waals surface area contributed by atoms with Gasteiger partial charge < -0.3 is 14.2 Å². The van der Waals surface area contributed by atoms with Crippen LogP contribution in [0.5, 0.6) is 5.75 Å². The zero-order valence-corrected chi connectivity index (χ0v) is 10.3. The van der Waals surface area contributed by atoms with Crippen LogP contribution in [-0.2, 0) is 6.54 Å². The lowest BCUT2D eigenvalue weighted by atomic mass is 10.3. The maximum atomic E-state index is 5.51. The summed E-state index contributed by atoms with van der Waals surface area (Å²) in [5.41, 5.74) is 2.23. The number of fused-ring (bicyclic) bond motifs is 3. The Labute approximate surface area is 101 Å². The van der Waals surface area contributed by atoms with Crippen molar-refractivity contribution in [2.75, 3.05) is 25.1 Å². The van der Waals surface area contributed by atoms with Gasteiger partial charge in [-0.05, 0) is 25.5 Å². The average Bonchev–Trinajstić information content (AvgIpc) is 2.69. The Bertz CT molecular complexity index is 547. The molecule has 0 radical (unpaired) electrons. The number of nitrogens with zero attached hydrogens (tertiary/aromatic N) is 3. The number of benzene rings is 1. The number of ether oxygens (including phenoxy) is 1. The van der Waals surface area contributed by atoms with Gasteiger partial charge in [0.05, 0.1) is 17.6 Å². The number of hydrogen-bond donors (Lipinski definition) is 0. The largest absolute Gasteiger partial charge is 0.494 e. The molecule has 2 aromatic rings. The Morgan fingerprint density at radius 1 is 1.35 bits per heavy atom. The number of imidazole rings is 1. The van der Waals surface area contributed by atoms with Crippen molar-refractivity contribution in [3.05, 3.63) is 18.2 Å². The van der Waals surface area contributed by atoms with E-state index in [0.717, 1.165) is 30.3 Å². The van der Waals surface area contributed by atoms with Crippen LogP contribution in [0.2, 0.25) is 0 Å². The van der Waals surface area contributed by atoms with Gasteiger partial charge in [0, 0.05) is 26.2 Å². The topological polar surface area (TPSA) is 30.3 Å². The molecular formula is C13H17N3O. The highest BCUT2D eigenvalue weighted by Gasteiger charge is 2.18. The molecule has 0 saturated heterocycles. The summed E-state index contributed by atoms with van der Waals surface area (Å²) in [4.78, 5) is 6.90. The number of aromatic nitrogens is 2. The van der Waals surface area contributed by atoms with Crippen LogP contribution >= 0.6 is 0 Å². The van der Waals surface area contributed by atoms with E-state index in [2.05, 4.69) is 27.6 Å². The molecule has 0 N–H and O–H groups in total. The Balaban J connectivity index is 2.13. The number of anilines is 1. The molecule has 2 heterocycles. The van der Waals surface area contributed by atoms with Gasteiger partial charge in [0.2, 0.25) is 5.95 Å². The molecule has 17 heavy (non-hydrogen) atoms. The van der Waals surface area contributed by atoms with E-state index in [0.29, 0.717) is 6.61 Å². The van der Waals surface area contributed by atoms with Crippen LogP contribution in [0, 0.1) is 0 Å². The lowest BCUT2D eigenvalue weighted by Crippen LogP contribution is -2.28. The Hall–Kier alpha value is -1.71. The summed E-state index contributed by atoms with van der Waals surface area (Å²) in [5.74, 6) is 1.97. The third kappa shape index (κ3) is 1.64. The minimum atomic E-state index is 0.693. The molecule has 0 aliphatic carbocycles. The molecule has 0 spiro atoms. The van der Waals surface area contributed by atoms with Gasteiger partial charge in [-0.1, -0.05) is 0 Å². The first-order valence-corrected chi connectivity index (χ1v) is 6.14. The van der Waals surface area contributed by atoms with Gasteiger partial charge in [0.1, 0.15) is 5.75 Å². The molecule has 0 atom stereocenters. The molecule has 90 valence electrons. The van der Waals surface area contributed by atoms with Gasteiger partial charge >= 0.3 is 0 Å². The highest BCUT2D eigenvalue weighted by molar-refractivity contribution is 5.80. The fourth-order valence-electron chi connectivity index (χ4n) is 2.43. The first-order chi connectivity index (χ1) is 8.29. The summed E-state index contributed by atoms with van der Waals surface area (Å²) in [5, 5.41) is 0. The van der Waals surface area contributed by atoms with Gasteiger partial charge in [-0.15, -0.1) is 0 Å². The van der Waals surface area contributed by atoms with Gasteiger partial charge in [-0.25, -0.2) is 4.98 Å². The average molecular weight is 231 g/mol. The van der Waals surface area contributed by atoms with E-state index in [1.165, 1.54) is 11.9 Å². The maximum absolute atomic E-state index is 5.51. The van der Waals surface area contributed by atoms with Crippen molar-refractivity contribution in [1.82, 2.24) is 9.55 Å². The van der Waals surface area contributed by atoms with Crippen LogP contribution in [0.4, 0.5) is 5.95 Å². The SMILES string of the molecule is CCOc1ccc2c(c1)nc1n2CCCN1C. The zero-order chi connectivity index (χ0) is 11.8. The lowest BCUT2D eigenvalue weighted by Gasteiger charge is -2.24. The third-order valence-electron chi connectivity index (χ3n) is 3.23. The summed E-state index contributed by atoms with van der Waals surface area (Å²) in [6.45, 7) is 4.83. The van der Waals surface area contributed by atoms with Crippen LogP contribution in [0.25, 0.3) is 11.0 Å². The van der Waals surface area contributed by atoms with Gasteiger partial charge in [0.15, 0.2) is 0 Å². The predicted octanol–water partition coefficient (Wildman–Crippen LogP) is 2.27. The summed E-state index contributed by atoms with van der Waals surface area (Å²) >= 11 is 0. The van der Waals surface area contributed by atoms with E-state index < -0.39 is 0 Å². The molecule has 4 heteroatoms. The van der Waals surface area contributed by atoms with Gasteiger partial charge in [0.25, 0.3) is 0 Å². The molecule has 1 aromatic heterocycles. The van der Waals surface area contributed by atoms with Gasteiger partial charge in [-0.2, -0.15) is 0 Å². The molecule has 4 nitrogen and oxygen atoms in total. The second kappa shape index (κ2) is 3.95. The van der Waals surface area contributed by atoms with Crippen molar-refractivity contribution in [3.8, 4) is 5.75 Å². The van der Waals surface area contributed by atoms with Crippen LogP contribution in [0.3, 0.4) is 0 Å². The fourth-order valence-corrected chi connectivity index (χ4v) is 2.43. The first-order valence-electron chi connectivity index (χ1n) is 6.14. The highest BCUT2D eigenvalue weighted by Crippen LogP contribution is 2.28. The Kier molecular flexibility index (Phi) is 2.42. The van der Waals surface area contributed by atoms with Crippen molar-refractivity contribution >= 4 is 17.0 Å². The van der Waals surface area contributed by atoms with Crippen molar-refractivity contribution in [1.29, 1.82) is 0 Å². The molecule has 0 unspecified atom stereocenters. The summed E-state index contributed by atoms with van der Waals surface area (Å²) < 4.78 is 7.80. The van der Waals surface area contributed by atoms with Crippen molar-refractivity contribution in [2.45, 2.75) is 19.9 Å². The molecule has 0 amide bonds. The molecule has 3 rings (SSSR count). The van der Waals surface area contributed by atoms with Crippen LogP contribution in [-0.4, -0.2) is 29.8 Å². The Morgan fingerprint density at radius 3 is 3.06 bits per heavy atom. The normalized spacial score (nSPS) is 15.1. The summed E-state index contributed by atoms with van der Waals surface area (Å²) in [6.07, 6.45) is 1.18. The van der Waals surface area contributed by atoms with Crippen LogP contribution in [0.1, 0.15) is 13.3 Å². The van der Waals surface area contributed by atoms with E-state index in [-0.39, 0.29) is 0 Å². The van der Waals surface area contributed by atoms with E-state index in [1.807, 2.05) is 19.1 Å². The molecule has 1 aromatic carbocycles. The molecule has 0 saturated carbocycles. The minimum absolute atomic E-state index is 0.693. The third-order valence-corrected chi connectivity index (χ3v) is 3.23. The molecule has 1 aliphatic heterocycles. The second-order valence-corrected chi connectivity index (χ2v) is 4.42. The monoisotopic (exact) mass is 231 g/mol. The zero-order valence-electron chi connectivity index (χ0n) is 10.3. The molecular weight excluding hydrogens is 214 g/mol. The molecule has 1 aliphatic rings. The number of aryl methyl sites for hydroxylation is 1. The van der Waals surface area contributed by atoms with E-state index in [1.54, 1.807) is 0 Å². The molecule has 0 bridgehead atoms. The van der Waals surface area contributed by atoms with Crippen LogP contribution < -0.4 is 9.64 Å². The summed E-state index contributed by atoms with van der Waals surface area (Å²) in [6, 6.07) is 6.16. The van der Waals surface area contributed by atoms with E-state index >= 15 is 0 Å². The predicted molar refractivity (Wildman–Crippen MR) is 68.8 cm³/mol. The van der Waals surface area contributed by atoms with E-state index in [9.17, 15) is 0 Å². The second-order valence-electron chi connectivity index (χ2n) is 4.42. The lowest BCUT2D eigenvalue weighted by molar-refractivity contribution is 0.340. The highest BCUT2D eigenvalue weighted by atomic mass is 16.5. The molecule has 0 fully saturated rings. The van der Waals surface area contributed by atoms with Crippen LogP contribution in [0.15, 0.2) is 18.2 Å². The number of hydrogen-bond acceptors (Lipinski definition) is 3. The first kappa shape index (κ1) is 10.4. The fraction of sp³-hybridized carbons (Fsp3) is 0.462. The van der Waals surface area contributed by atoms with Crippen molar-refractivity contribution < 1.29 is 4.74 Å². The Morgan fingerprint density at radius 2 is 2.24 bits per heavy atom. The van der Waals surface area contributed by atoms with Gasteiger partial charge in [-0.3, -0.25) is 0 Å². The van der Waals surface area contributed by atoms with Crippen molar-refractivity contribution in [2.24, 2.45) is 0 Å². The maximum Gasteiger partial charge on any atom is 0.206 e. The van der Waals surface area contributed by atoms with Crippen molar-refractivity contribution in [3.63, 3.8) is 0 Å². The standard InChI is InChI=1S/C13H17N3O/c1-3-17-10-5-6-12-11(9-10)14-13-15(2)7-4-8-16(12)13/h5-6,9H,3-4,7-8H2,1-2H3. The smallest absolute Gasteiger partial charge is 0.206 e.